The largest absolute Gasteiger partial charge is 0.372 e. The van der Waals surface area contributed by atoms with Crippen molar-refractivity contribution < 1.29 is 18.9 Å². The minimum Gasteiger partial charge on any atom is -0.372 e. The first-order valence-electron chi connectivity index (χ1n) is 10.8. The zero-order valence-corrected chi connectivity index (χ0v) is 22.4. The molecule has 0 aromatic rings. The molecule has 30 heavy (non-hydrogen) atoms. The predicted octanol–water partition coefficient (Wildman–Crippen LogP) is 3.72. The first-order valence-corrected chi connectivity index (χ1v) is 17.6. The van der Waals surface area contributed by atoms with Gasteiger partial charge in [0.05, 0.1) is 50.8 Å². The molecule has 0 amide bonds. The van der Waals surface area contributed by atoms with E-state index < -0.39 is 0 Å². The van der Waals surface area contributed by atoms with Gasteiger partial charge in [0.1, 0.15) is 0 Å². The van der Waals surface area contributed by atoms with Crippen LogP contribution in [0.5, 0.6) is 0 Å². The molecule has 4 atom stereocenters. The molecule has 0 radical (unpaired) electrons. The van der Waals surface area contributed by atoms with Gasteiger partial charge < -0.3 is 18.9 Å². The Morgan fingerprint density at radius 1 is 0.500 bits per heavy atom. The molecule has 174 valence electrons. The van der Waals surface area contributed by atoms with Crippen molar-refractivity contribution in [2.24, 2.45) is 0 Å². The molecule has 4 aliphatic heterocycles. The Labute approximate surface area is 207 Å². The highest BCUT2D eigenvalue weighted by Crippen LogP contribution is 2.38. The van der Waals surface area contributed by atoms with Gasteiger partial charge in [0.25, 0.3) is 0 Å². The van der Waals surface area contributed by atoms with Gasteiger partial charge in [0, 0.05) is 68.0 Å². The van der Waals surface area contributed by atoms with Gasteiger partial charge in [-0.15, -0.1) is 0 Å². The molecule has 4 fully saturated rings. The van der Waals surface area contributed by atoms with Gasteiger partial charge in [0.15, 0.2) is 0 Å². The lowest BCUT2D eigenvalue weighted by atomic mass is 10.2. The lowest BCUT2D eigenvalue weighted by Crippen LogP contribution is -2.36. The molecule has 0 aromatic heterocycles. The Bertz CT molecular complexity index is 468. The molecule has 0 aromatic carbocycles. The quantitative estimate of drug-likeness (QED) is 0.162. The maximum Gasteiger partial charge on any atom is 0.0900 e. The number of hydrogen-bond donors (Lipinski definition) is 0. The third-order valence-corrected chi connectivity index (χ3v) is 13.6. The van der Waals surface area contributed by atoms with Crippen molar-refractivity contribution in [3.05, 3.63) is 0 Å². The number of thioether (sulfide) groups is 6. The molecule has 4 nitrogen and oxygen atoms in total. The fourth-order valence-corrected chi connectivity index (χ4v) is 11.4. The smallest absolute Gasteiger partial charge is 0.0900 e. The molecule has 4 heterocycles. The fraction of sp³-hybridized carbons (Fsp3) is 1.00. The normalized spacial score (nSPS) is 30.8. The van der Waals surface area contributed by atoms with Gasteiger partial charge in [0.2, 0.25) is 0 Å². The van der Waals surface area contributed by atoms with Crippen LogP contribution in [0, 0.1) is 0 Å². The zero-order chi connectivity index (χ0) is 20.5. The van der Waals surface area contributed by atoms with Crippen molar-refractivity contribution in [3.8, 4) is 0 Å². The van der Waals surface area contributed by atoms with E-state index in [1.165, 1.54) is 51.8 Å². The van der Waals surface area contributed by atoms with Crippen molar-refractivity contribution in [3.63, 3.8) is 0 Å². The monoisotopic (exact) mass is 530 g/mol. The second kappa shape index (κ2) is 13.7. The van der Waals surface area contributed by atoms with E-state index in [9.17, 15) is 0 Å². The summed E-state index contributed by atoms with van der Waals surface area (Å²) < 4.78 is 21.9. The van der Waals surface area contributed by atoms with Crippen LogP contribution >= 0.6 is 70.6 Å². The molecule has 4 aliphatic rings. The fourth-order valence-electron chi connectivity index (χ4n) is 2.78. The Morgan fingerprint density at radius 2 is 0.867 bits per heavy atom. The van der Waals surface area contributed by atoms with E-state index in [4.69, 9.17) is 18.9 Å². The topological polar surface area (TPSA) is 50.1 Å². The van der Waals surface area contributed by atoms with E-state index in [2.05, 4.69) is 70.6 Å². The van der Waals surface area contributed by atoms with Crippen LogP contribution in [0.25, 0.3) is 0 Å². The van der Waals surface area contributed by atoms with Crippen LogP contribution in [0.2, 0.25) is 0 Å². The standard InChI is InChI=1S/C20H34O4S6/c1(25-9-16-5-21-16)2-27-13-20(14-28-11-18-7-23-18,15-29-12-19-8-24-19)30-4-3-26-10-17-6-22-17/h16-19H,1-15H2. The second-order valence-corrected chi connectivity index (χ2v) is 15.1. The number of rotatable bonds is 21. The van der Waals surface area contributed by atoms with Crippen LogP contribution in [0.1, 0.15) is 0 Å². The Hall–Kier alpha value is 1.94. The minimum absolute atomic E-state index is 0.352. The summed E-state index contributed by atoms with van der Waals surface area (Å²) in [6, 6.07) is 0. The molecule has 10 heteroatoms. The van der Waals surface area contributed by atoms with Gasteiger partial charge in [-0.05, 0) is 0 Å². The summed E-state index contributed by atoms with van der Waals surface area (Å²) in [4.78, 5) is 0. The third kappa shape index (κ3) is 11.4. The van der Waals surface area contributed by atoms with Crippen molar-refractivity contribution in [1.29, 1.82) is 0 Å². The van der Waals surface area contributed by atoms with Crippen LogP contribution in [0.3, 0.4) is 0 Å². The highest BCUT2D eigenvalue weighted by molar-refractivity contribution is 8.08. The SMILES string of the molecule is C(CSCC(CSCC1CO1)(CSCC1CO1)SCCSCC1CO1)SCC1CO1. The molecule has 0 N–H and O–H groups in total. The van der Waals surface area contributed by atoms with E-state index in [0.717, 1.165) is 37.9 Å². The summed E-state index contributed by atoms with van der Waals surface area (Å²) in [7, 11) is 0. The molecule has 0 saturated carbocycles. The molecule has 0 spiro atoms. The maximum atomic E-state index is 5.45. The number of epoxide rings is 4. The van der Waals surface area contributed by atoms with Crippen molar-refractivity contribution in [2.45, 2.75) is 29.2 Å². The van der Waals surface area contributed by atoms with E-state index in [1.807, 2.05) is 0 Å². The highest BCUT2D eigenvalue weighted by atomic mass is 32.2. The summed E-state index contributed by atoms with van der Waals surface area (Å²) in [5.41, 5.74) is 0. The number of hydrogen-bond acceptors (Lipinski definition) is 10. The van der Waals surface area contributed by atoms with Crippen LogP contribution < -0.4 is 0 Å². The van der Waals surface area contributed by atoms with Gasteiger partial charge in [-0.25, -0.2) is 0 Å². The van der Waals surface area contributed by atoms with Gasteiger partial charge in [-0.1, -0.05) is 0 Å². The molecular weight excluding hydrogens is 497 g/mol. The molecule has 0 bridgehead atoms. The summed E-state index contributed by atoms with van der Waals surface area (Å²) >= 11 is 12.7. The van der Waals surface area contributed by atoms with Crippen LogP contribution in [-0.2, 0) is 18.9 Å². The van der Waals surface area contributed by atoms with E-state index in [0.29, 0.717) is 29.2 Å². The number of ether oxygens (including phenoxy) is 4. The first-order chi connectivity index (χ1) is 14.8. The van der Waals surface area contributed by atoms with Gasteiger partial charge in [-0.2, -0.15) is 70.6 Å². The highest BCUT2D eigenvalue weighted by Gasteiger charge is 2.34. The van der Waals surface area contributed by atoms with Crippen molar-refractivity contribution >= 4 is 70.6 Å². The summed E-state index contributed by atoms with van der Waals surface area (Å²) in [6.07, 6.45) is 2.14. The van der Waals surface area contributed by atoms with Crippen molar-refractivity contribution in [1.82, 2.24) is 0 Å². The Kier molecular flexibility index (Phi) is 11.5. The lowest BCUT2D eigenvalue weighted by molar-refractivity contribution is 0.426. The molecule has 4 saturated heterocycles. The predicted molar refractivity (Wildman–Crippen MR) is 141 cm³/mol. The minimum atomic E-state index is 0.352. The Morgan fingerprint density at radius 3 is 1.33 bits per heavy atom. The van der Waals surface area contributed by atoms with Gasteiger partial charge in [-0.3, -0.25) is 0 Å². The maximum absolute atomic E-state index is 5.45. The first kappa shape index (κ1) is 25.0. The average molecular weight is 531 g/mol. The van der Waals surface area contributed by atoms with Crippen LogP contribution in [-0.4, -0.2) is 119 Å². The van der Waals surface area contributed by atoms with Crippen LogP contribution in [0.4, 0.5) is 0 Å². The summed E-state index contributed by atoms with van der Waals surface area (Å²) in [5, 5.41) is 0. The summed E-state index contributed by atoms with van der Waals surface area (Å²) in [5.74, 6) is 13.4. The lowest BCUT2D eigenvalue weighted by Gasteiger charge is -2.33. The average Bonchev–Trinajstić information content (AvgIpc) is 3.53. The van der Waals surface area contributed by atoms with E-state index >= 15 is 0 Å². The molecule has 4 unspecified atom stereocenters. The van der Waals surface area contributed by atoms with Crippen molar-refractivity contribution in [2.75, 3.05) is 89.7 Å². The Balaban J connectivity index is 1.19. The van der Waals surface area contributed by atoms with E-state index in [1.54, 1.807) is 0 Å². The van der Waals surface area contributed by atoms with E-state index in [-0.39, 0.29) is 0 Å². The second-order valence-electron chi connectivity index (χ2n) is 8.09. The van der Waals surface area contributed by atoms with Gasteiger partial charge >= 0.3 is 0 Å². The third-order valence-electron chi connectivity index (χ3n) is 4.93. The molecule has 0 aliphatic carbocycles. The molecular formula is C20H34O4S6. The summed E-state index contributed by atoms with van der Waals surface area (Å²) in [6.45, 7) is 3.90. The molecule has 4 rings (SSSR count). The van der Waals surface area contributed by atoms with Crippen LogP contribution in [0.15, 0.2) is 0 Å². The zero-order valence-electron chi connectivity index (χ0n) is 17.5.